The van der Waals surface area contributed by atoms with Gasteiger partial charge in [-0.25, -0.2) is 0 Å². The summed E-state index contributed by atoms with van der Waals surface area (Å²) < 4.78 is 10.4. The van der Waals surface area contributed by atoms with E-state index in [4.69, 9.17) is 15.2 Å². The van der Waals surface area contributed by atoms with E-state index in [0.717, 1.165) is 5.56 Å². The molecular formula is C12H14N4O3S. The van der Waals surface area contributed by atoms with Crippen molar-refractivity contribution in [2.45, 2.75) is 0 Å². The molecule has 8 heteroatoms. The molecule has 20 heavy (non-hydrogen) atoms. The number of rotatable bonds is 5. The van der Waals surface area contributed by atoms with Crippen LogP contribution in [0.25, 0.3) is 10.6 Å². The molecule has 0 spiro atoms. The molecule has 106 valence electrons. The maximum atomic E-state index is 11.2. The molecule has 3 N–H and O–H groups in total. The van der Waals surface area contributed by atoms with Crippen LogP contribution in [0.1, 0.15) is 0 Å². The Morgan fingerprint density at radius 1 is 1.25 bits per heavy atom. The summed E-state index contributed by atoms with van der Waals surface area (Å²) in [5, 5.41) is 11.5. The third kappa shape index (κ3) is 3.22. The smallest absolute Gasteiger partial charge is 0.239 e. The number of aromatic nitrogens is 2. The number of hydrogen-bond acceptors (Lipinski definition) is 7. The zero-order valence-corrected chi connectivity index (χ0v) is 11.9. The van der Waals surface area contributed by atoms with Crippen LogP contribution < -0.4 is 20.5 Å². The van der Waals surface area contributed by atoms with Crippen LogP contribution in [-0.2, 0) is 4.79 Å². The van der Waals surface area contributed by atoms with Gasteiger partial charge in [0.05, 0.1) is 20.8 Å². The number of carbonyl (C=O) groups excluding carboxylic acids is 1. The van der Waals surface area contributed by atoms with Crippen LogP contribution in [0.2, 0.25) is 0 Å². The Bertz CT molecular complexity index is 592. The van der Waals surface area contributed by atoms with Crippen molar-refractivity contribution in [1.82, 2.24) is 10.2 Å². The fourth-order valence-electron chi connectivity index (χ4n) is 1.49. The van der Waals surface area contributed by atoms with Crippen molar-refractivity contribution in [3.63, 3.8) is 0 Å². The summed E-state index contributed by atoms with van der Waals surface area (Å²) in [5.41, 5.74) is 6.02. The van der Waals surface area contributed by atoms with E-state index < -0.39 is 0 Å². The highest BCUT2D eigenvalue weighted by atomic mass is 32.1. The van der Waals surface area contributed by atoms with Gasteiger partial charge in [-0.05, 0) is 12.1 Å². The quantitative estimate of drug-likeness (QED) is 0.857. The lowest BCUT2D eigenvalue weighted by Gasteiger charge is -2.06. The number of ether oxygens (including phenoxy) is 2. The third-order valence-electron chi connectivity index (χ3n) is 2.46. The monoisotopic (exact) mass is 294 g/mol. The zero-order valence-electron chi connectivity index (χ0n) is 11.0. The van der Waals surface area contributed by atoms with E-state index in [1.165, 1.54) is 11.3 Å². The molecule has 1 aromatic carbocycles. The van der Waals surface area contributed by atoms with Crippen LogP contribution in [0, 0.1) is 0 Å². The van der Waals surface area contributed by atoms with Crippen molar-refractivity contribution in [3.05, 3.63) is 18.2 Å². The fraction of sp³-hybridized carbons (Fsp3) is 0.250. The van der Waals surface area contributed by atoms with E-state index in [1.54, 1.807) is 20.3 Å². The number of nitrogens with two attached hydrogens (primary N) is 1. The van der Waals surface area contributed by atoms with E-state index in [0.29, 0.717) is 21.6 Å². The van der Waals surface area contributed by atoms with E-state index >= 15 is 0 Å². The van der Waals surface area contributed by atoms with Crippen LogP contribution >= 0.6 is 11.3 Å². The molecule has 1 heterocycles. The zero-order chi connectivity index (χ0) is 14.5. The summed E-state index contributed by atoms with van der Waals surface area (Å²) in [6, 6.07) is 5.40. The molecule has 0 bridgehead atoms. The number of nitrogens with zero attached hydrogens (tertiary/aromatic N) is 2. The number of benzene rings is 1. The van der Waals surface area contributed by atoms with Gasteiger partial charge < -0.3 is 15.2 Å². The number of anilines is 1. The van der Waals surface area contributed by atoms with Crippen molar-refractivity contribution in [2.75, 3.05) is 26.1 Å². The summed E-state index contributed by atoms with van der Waals surface area (Å²) in [5.74, 6) is 1.00. The average Bonchev–Trinajstić information content (AvgIpc) is 2.94. The van der Waals surface area contributed by atoms with Crippen molar-refractivity contribution < 1.29 is 14.3 Å². The lowest BCUT2D eigenvalue weighted by molar-refractivity contribution is -0.114. The maximum absolute atomic E-state index is 11.2. The molecule has 0 saturated carbocycles. The first-order chi connectivity index (χ1) is 9.66. The molecule has 0 aliphatic rings. The fourth-order valence-corrected chi connectivity index (χ4v) is 2.24. The second-order valence-electron chi connectivity index (χ2n) is 3.77. The van der Waals surface area contributed by atoms with Gasteiger partial charge in [0.15, 0.2) is 0 Å². The van der Waals surface area contributed by atoms with Gasteiger partial charge in [0.25, 0.3) is 0 Å². The van der Waals surface area contributed by atoms with E-state index in [2.05, 4.69) is 15.5 Å². The predicted molar refractivity (Wildman–Crippen MR) is 76.1 cm³/mol. The SMILES string of the molecule is COc1cc(OC)cc(-c2nnc(NC(=O)CN)s2)c1. The molecule has 0 atom stereocenters. The lowest BCUT2D eigenvalue weighted by atomic mass is 10.2. The van der Waals surface area contributed by atoms with Gasteiger partial charge in [0.2, 0.25) is 11.0 Å². The maximum Gasteiger partial charge on any atom is 0.239 e. The normalized spacial score (nSPS) is 10.2. The van der Waals surface area contributed by atoms with Gasteiger partial charge >= 0.3 is 0 Å². The first-order valence-corrected chi connectivity index (χ1v) is 6.54. The van der Waals surface area contributed by atoms with Crippen LogP contribution in [0.3, 0.4) is 0 Å². The topological polar surface area (TPSA) is 99.4 Å². The third-order valence-corrected chi connectivity index (χ3v) is 3.34. The lowest BCUT2D eigenvalue weighted by Crippen LogP contribution is -2.21. The van der Waals surface area contributed by atoms with Gasteiger partial charge in [-0.3, -0.25) is 10.1 Å². The van der Waals surface area contributed by atoms with Crippen LogP contribution in [0.4, 0.5) is 5.13 Å². The number of nitrogens with one attached hydrogen (secondary N) is 1. The Morgan fingerprint density at radius 2 is 1.90 bits per heavy atom. The standard InChI is InChI=1S/C12H14N4O3S/c1-18-8-3-7(4-9(5-8)19-2)11-15-16-12(20-11)14-10(17)6-13/h3-5H,6,13H2,1-2H3,(H,14,16,17). The summed E-state index contributed by atoms with van der Waals surface area (Å²) in [6.07, 6.45) is 0. The van der Waals surface area contributed by atoms with Crippen molar-refractivity contribution in [3.8, 4) is 22.1 Å². The first kappa shape index (κ1) is 14.2. The minimum Gasteiger partial charge on any atom is -0.497 e. The summed E-state index contributed by atoms with van der Waals surface area (Å²) in [7, 11) is 3.15. The Hall–Kier alpha value is -2.19. The predicted octanol–water partition coefficient (Wildman–Crippen LogP) is 1.12. The van der Waals surface area contributed by atoms with Crippen LogP contribution in [0.5, 0.6) is 11.5 Å². The molecule has 2 rings (SSSR count). The molecule has 0 aliphatic carbocycles. The number of carbonyl (C=O) groups is 1. The highest BCUT2D eigenvalue weighted by Gasteiger charge is 2.11. The molecule has 0 unspecified atom stereocenters. The summed E-state index contributed by atoms with van der Waals surface area (Å²) in [4.78, 5) is 11.2. The van der Waals surface area contributed by atoms with Gasteiger partial charge in [-0.2, -0.15) is 0 Å². The Balaban J connectivity index is 2.29. The molecule has 7 nitrogen and oxygen atoms in total. The molecule has 0 aliphatic heterocycles. The van der Waals surface area contributed by atoms with Gasteiger partial charge in [-0.15, -0.1) is 10.2 Å². The largest absolute Gasteiger partial charge is 0.497 e. The summed E-state index contributed by atoms with van der Waals surface area (Å²) in [6.45, 7) is -0.0953. The van der Waals surface area contributed by atoms with Gasteiger partial charge in [0.1, 0.15) is 16.5 Å². The first-order valence-electron chi connectivity index (χ1n) is 5.73. The van der Waals surface area contributed by atoms with Gasteiger partial charge in [-0.1, -0.05) is 11.3 Å². The highest BCUT2D eigenvalue weighted by molar-refractivity contribution is 7.18. The van der Waals surface area contributed by atoms with E-state index in [9.17, 15) is 4.79 Å². The Morgan fingerprint density at radius 3 is 2.45 bits per heavy atom. The second-order valence-corrected chi connectivity index (χ2v) is 4.74. The van der Waals surface area contributed by atoms with E-state index in [-0.39, 0.29) is 12.5 Å². The molecule has 2 aromatic rings. The number of hydrogen-bond donors (Lipinski definition) is 2. The van der Waals surface area contributed by atoms with Crippen LogP contribution in [0.15, 0.2) is 18.2 Å². The van der Waals surface area contributed by atoms with Crippen molar-refractivity contribution in [1.29, 1.82) is 0 Å². The number of amides is 1. The number of methoxy groups -OCH3 is 2. The van der Waals surface area contributed by atoms with E-state index in [1.807, 2.05) is 12.1 Å². The van der Waals surface area contributed by atoms with Crippen molar-refractivity contribution >= 4 is 22.4 Å². The average molecular weight is 294 g/mol. The second kappa shape index (κ2) is 6.31. The van der Waals surface area contributed by atoms with Gasteiger partial charge in [0, 0.05) is 11.6 Å². The molecule has 1 aromatic heterocycles. The summed E-state index contributed by atoms with van der Waals surface area (Å²) >= 11 is 1.25. The minimum absolute atomic E-state index is 0.0953. The Kier molecular flexibility index (Phi) is 4.49. The molecule has 1 amide bonds. The molecule has 0 saturated heterocycles. The molecule has 0 fully saturated rings. The molecule has 0 radical (unpaired) electrons. The van der Waals surface area contributed by atoms with Crippen molar-refractivity contribution in [2.24, 2.45) is 5.73 Å². The molecular weight excluding hydrogens is 280 g/mol. The highest BCUT2D eigenvalue weighted by Crippen LogP contribution is 2.32. The Labute approximate surface area is 119 Å². The minimum atomic E-state index is -0.309. The van der Waals surface area contributed by atoms with Crippen LogP contribution in [-0.4, -0.2) is 36.9 Å².